The molecule has 1 aromatic carbocycles. The maximum Gasteiger partial charge on any atom is 0.357 e. The molecule has 0 bridgehead atoms. The molecule has 0 saturated heterocycles. The molecule has 0 radical (unpaired) electrons. The van der Waals surface area contributed by atoms with Crippen molar-refractivity contribution in [1.29, 1.82) is 0 Å². The Labute approximate surface area is 249 Å². The maximum absolute atomic E-state index is 12.0. The van der Waals surface area contributed by atoms with Gasteiger partial charge >= 0.3 is 5.97 Å². The summed E-state index contributed by atoms with van der Waals surface area (Å²) in [6.07, 6.45) is 2.40. The van der Waals surface area contributed by atoms with Gasteiger partial charge in [-0.3, -0.25) is 4.57 Å². The van der Waals surface area contributed by atoms with E-state index in [1.165, 1.54) is 18.4 Å². The average Bonchev–Trinajstić information content (AvgIpc) is 3.56. The van der Waals surface area contributed by atoms with Crippen LogP contribution >= 0.6 is 22.7 Å². The molecule has 1 N–H and O–H groups in total. The number of ether oxygens (including phenoxy) is 2. The third kappa shape index (κ3) is 8.29. The summed E-state index contributed by atoms with van der Waals surface area (Å²) < 4.78 is 14.1. The summed E-state index contributed by atoms with van der Waals surface area (Å²) in [4.78, 5) is 24.1. The van der Waals surface area contributed by atoms with Gasteiger partial charge in [0.25, 0.3) is 0 Å². The lowest BCUT2D eigenvalue weighted by Crippen LogP contribution is -2.23. The van der Waals surface area contributed by atoms with Crippen LogP contribution in [-0.4, -0.2) is 65.8 Å². The Morgan fingerprint density at radius 2 is 1.98 bits per heavy atom. The highest BCUT2D eigenvalue weighted by molar-refractivity contribution is 7.16. The van der Waals surface area contributed by atoms with Crippen LogP contribution in [0.5, 0.6) is 0 Å². The minimum absolute atomic E-state index is 0.153. The summed E-state index contributed by atoms with van der Waals surface area (Å²) in [7, 11) is 0.149. The van der Waals surface area contributed by atoms with Crippen molar-refractivity contribution >= 4 is 63.7 Å². The van der Waals surface area contributed by atoms with Gasteiger partial charge in [0.2, 0.25) is 0 Å². The maximum atomic E-state index is 12.0. The number of thiazole rings is 2. The highest BCUT2D eigenvalue weighted by Gasteiger charge is 2.19. The molecule has 41 heavy (non-hydrogen) atoms. The van der Waals surface area contributed by atoms with Crippen molar-refractivity contribution < 1.29 is 19.4 Å². The third-order valence-corrected chi connectivity index (χ3v) is 10.0. The van der Waals surface area contributed by atoms with Gasteiger partial charge in [0.1, 0.15) is 6.73 Å². The minimum Gasteiger partial charge on any atom is -0.464 e. The molecule has 4 rings (SSSR count). The number of esters is 1. The molecule has 0 fully saturated rings. The average molecular weight is 615 g/mol. The molecule has 0 saturated carbocycles. The van der Waals surface area contributed by atoms with E-state index in [1.807, 2.05) is 30.0 Å². The number of hydrogen-bond donors (Lipinski definition) is 1. The number of aliphatic hydroxyl groups excluding tert-OH is 1. The zero-order valence-electron chi connectivity index (χ0n) is 24.3. The van der Waals surface area contributed by atoms with Crippen LogP contribution in [0, 0.1) is 6.92 Å². The molecule has 13 heteroatoms. The highest BCUT2D eigenvalue weighted by Crippen LogP contribution is 2.30. The van der Waals surface area contributed by atoms with Gasteiger partial charge in [-0.15, -0.1) is 21.5 Å². The Hall–Kier alpha value is -2.97. The van der Waals surface area contributed by atoms with Gasteiger partial charge in [-0.2, -0.15) is 4.99 Å². The van der Waals surface area contributed by atoms with E-state index >= 15 is 0 Å². The monoisotopic (exact) mass is 614 g/mol. The van der Waals surface area contributed by atoms with Crippen LogP contribution in [-0.2, 0) is 16.2 Å². The number of unbranched alkanes of at least 4 members (excludes halogenated alkanes) is 2. The fourth-order valence-corrected chi connectivity index (χ4v) is 6.62. The number of anilines is 2. The third-order valence-electron chi connectivity index (χ3n) is 6.39. The SMILES string of the molecule is COC(=O)c1csc(N(CCCCCO)c2cc(C)c(/N=c3\sc4ccccc4n3COCC[Si](C)(C)C)nn2)n1. The van der Waals surface area contributed by atoms with Crippen LogP contribution in [0.15, 0.2) is 40.7 Å². The van der Waals surface area contributed by atoms with Crippen molar-refractivity contribution in [2.45, 2.75) is 58.6 Å². The molecule has 3 aromatic heterocycles. The number of nitrogens with zero attached hydrogens (tertiary/aromatic N) is 6. The molecular formula is C28H38N6O4S2Si. The van der Waals surface area contributed by atoms with Gasteiger partial charge in [0.15, 0.2) is 27.3 Å². The van der Waals surface area contributed by atoms with Crippen LogP contribution in [0.3, 0.4) is 0 Å². The quantitative estimate of drug-likeness (QED) is 0.106. The van der Waals surface area contributed by atoms with Crippen LogP contribution in [0.4, 0.5) is 16.8 Å². The number of carbonyl (C=O) groups is 1. The highest BCUT2D eigenvalue weighted by atomic mass is 32.1. The van der Waals surface area contributed by atoms with Crippen molar-refractivity contribution in [2.75, 3.05) is 31.8 Å². The van der Waals surface area contributed by atoms with Crippen LogP contribution in [0.1, 0.15) is 35.3 Å². The summed E-state index contributed by atoms with van der Waals surface area (Å²) in [5.41, 5.74) is 2.19. The van der Waals surface area contributed by atoms with Crippen LogP contribution < -0.4 is 9.70 Å². The van der Waals surface area contributed by atoms with Crippen molar-refractivity contribution in [3.05, 3.63) is 51.8 Å². The Morgan fingerprint density at radius 1 is 1.17 bits per heavy atom. The number of para-hydroxylation sites is 1. The van der Waals surface area contributed by atoms with Gasteiger partial charge in [-0.1, -0.05) is 43.1 Å². The van der Waals surface area contributed by atoms with Crippen molar-refractivity contribution in [1.82, 2.24) is 19.7 Å². The van der Waals surface area contributed by atoms with Crippen molar-refractivity contribution in [3.8, 4) is 0 Å². The van der Waals surface area contributed by atoms with E-state index in [2.05, 4.69) is 51.5 Å². The van der Waals surface area contributed by atoms with Crippen molar-refractivity contribution in [3.63, 3.8) is 0 Å². The number of aliphatic hydroxyl groups is 1. The molecule has 3 heterocycles. The lowest BCUT2D eigenvalue weighted by atomic mass is 10.2. The van der Waals surface area contributed by atoms with E-state index < -0.39 is 14.0 Å². The fraction of sp³-hybridized carbons (Fsp3) is 0.464. The first-order chi connectivity index (χ1) is 19.7. The number of benzene rings is 1. The first kappa shape index (κ1) is 31.0. The van der Waals surface area contributed by atoms with Gasteiger partial charge in [0, 0.05) is 33.2 Å². The minimum atomic E-state index is -1.19. The molecule has 0 atom stereocenters. The second kappa shape index (κ2) is 14.3. The van der Waals surface area contributed by atoms with E-state index in [-0.39, 0.29) is 12.3 Å². The summed E-state index contributed by atoms with van der Waals surface area (Å²) >= 11 is 2.94. The van der Waals surface area contributed by atoms with Gasteiger partial charge in [-0.25, -0.2) is 9.78 Å². The van der Waals surface area contributed by atoms with E-state index in [1.54, 1.807) is 16.7 Å². The predicted octanol–water partition coefficient (Wildman–Crippen LogP) is 5.89. The Morgan fingerprint density at radius 3 is 2.71 bits per heavy atom. The van der Waals surface area contributed by atoms with E-state index in [4.69, 9.17) is 14.5 Å². The number of aromatic nitrogens is 4. The Balaban J connectivity index is 1.64. The summed E-state index contributed by atoms with van der Waals surface area (Å²) in [6, 6.07) is 11.3. The Kier molecular flexibility index (Phi) is 10.8. The number of hydrogen-bond acceptors (Lipinski definition) is 11. The molecule has 0 aliphatic carbocycles. The first-order valence-electron chi connectivity index (χ1n) is 13.7. The topological polar surface area (TPSA) is 115 Å². The summed E-state index contributed by atoms with van der Waals surface area (Å²) in [5, 5.41) is 20.5. The Bertz CT molecular complexity index is 1530. The number of carbonyl (C=O) groups excluding carboxylic acids is 1. The molecule has 4 aromatic rings. The molecule has 0 unspecified atom stereocenters. The fourth-order valence-electron chi connectivity index (χ4n) is 4.02. The van der Waals surface area contributed by atoms with E-state index in [0.717, 1.165) is 52.5 Å². The second-order valence-corrected chi connectivity index (χ2v) is 18.4. The standard InChI is InChI=1S/C28H38N6O4S2Si/c1-20-17-24(33(13-9-6-10-14-35)27-29-21(18-39-27)26(36)37-2)31-32-25(20)30-28-34(19-38-15-16-41(3,4)5)22-11-7-8-12-23(22)40-28/h7-8,11-12,17-18,35H,6,9-10,13-16,19H2,1-5H3/b30-28-. The molecule has 0 amide bonds. The van der Waals surface area contributed by atoms with E-state index in [0.29, 0.717) is 30.0 Å². The zero-order valence-corrected chi connectivity index (χ0v) is 26.9. The predicted molar refractivity (Wildman–Crippen MR) is 167 cm³/mol. The zero-order chi connectivity index (χ0) is 29.4. The normalized spacial score (nSPS) is 12.3. The lowest BCUT2D eigenvalue weighted by Gasteiger charge is -2.20. The van der Waals surface area contributed by atoms with Gasteiger partial charge < -0.3 is 19.5 Å². The molecular weight excluding hydrogens is 577 g/mol. The van der Waals surface area contributed by atoms with Crippen molar-refractivity contribution in [2.24, 2.45) is 4.99 Å². The molecule has 0 aliphatic heterocycles. The van der Waals surface area contributed by atoms with Crippen LogP contribution in [0.25, 0.3) is 10.2 Å². The molecule has 10 nitrogen and oxygen atoms in total. The number of fused-ring (bicyclic) bond motifs is 1. The smallest absolute Gasteiger partial charge is 0.357 e. The second-order valence-electron chi connectivity index (χ2n) is 10.9. The summed E-state index contributed by atoms with van der Waals surface area (Å²) in [5.74, 6) is 0.672. The molecule has 0 aliphatic rings. The molecule has 220 valence electrons. The van der Waals surface area contributed by atoms with Crippen LogP contribution in [0.2, 0.25) is 25.7 Å². The first-order valence-corrected chi connectivity index (χ1v) is 19.1. The summed E-state index contributed by atoms with van der Waals surface area (Å²) in [6.45, 7) is 10.9. The van der Waals surface area contributed by atoms with E-state index in [9.17, 15) is 9.90 Å². The lowest BCUT2D eigenvalue weighted by molar-refractivity contribution is 0.0595. The number of aryl methyl sites for hydroxylation is 1. The number of rotatable bonds is 14. The number of methoxy groups -OCH3 is 1. The largest absolute Gasteiger partial charge is 0.464 e. The van der Waals surface area contributed by atoms with Gasteiger partial charge in [-0.05, 0) is 56.0 Å². The molecule has 0 spiro atoms. The van der Waals surface area contributed by atoms with Gasteiger partial charge in [0.05, 0.1) is 17.3 Å².